The molecule has 0 spiro atoms. The van der Waals surface area contributed by atoms with E-state index in [1.165, 1.54) is 32.1 Å². The number of nitrogens with zero attached hydrogens (tertiary/aromatic N) is 2. The van der Waals surface area contributed by atoms with Gasteiger partial charge in [0.25, 0.3) is 0 Å². The summed E-state index contributed by atoms with van der Waals surface area (Å²) >= 11 is 0. The Hall–Kier alpha value is -1.36. The molecule has 21 heavy (non-hydrogen) atoms. The number of aromatic nitrogens is 2. The first-order valence-electron chi connectivity index (χ1n) is 8.14. The fourth-order valence-corrected chi connectivity index (χ4v) is 3.11. The van der Waals surface area contributed by atoms with Crippen LogP contribution in [0.3, 0.4) is 0 Å². The van der Waals surface area contributed by atoms with Crippen LogP contribution in [0.5, 0.6) is 0 Å². The highest BCUT2D eigenvalue weighted by Gasteiger charge is 2.24. The lowest BCUT2D eigenvalue weighted by atomic mass is 9.83. The van der Waals surface area contributed by atoms with E-state index in [9.17, 15) is 0 Å². The minimum Gasteiger partial charge on any atom is -0.377 e. The van der Waals surface area contributed by atoms with Crippen LogP contribution in [0.4, 0.5) is 11.6 Å². The number of hydrogen-bond donors (Lipinski definition) is 2. The average Bonchev–Trinajstić information content (AvgIpc) is 2.48. The fraction of sp³-hybridized carbons (Fsp3) is 0.750. The number of ether oxygens (including phenoxy) is 1. The first kappa shape index (κ1) is 16.0. The highest BCUT2D eigenvalue weighted by atomic mass is 16.5. The van der Waals surface area contributed by atoms with E-state index in [1.807, 2.05) is 6.07 Å². The predicted molar refractivity (Wildman–Crippen MR) is 86.6 cm³/mol. The van der Waals surface area contributed by atoms with Gasteiger partial charge in [-0.15, -0.1) is 0 Å². The fourth-order valence-electron chi connectivity index (χ4n) is 3.11. The van der Waals surface area contributed by atoms with E-state index in [0.717, 1.165) is 29.9 Å². The molecule has 2 rings (SSSR count). The molecule has 0 aliphatic heterocycles. The summed E-state index contributed by atoms with van der Waals surface area (Å²) in [6.07, 6.45) is 6.46. The quantitative estimate of drug-likeness (QED) is 0.806. The van der Waals surface area contributed by atoms with Gasteiger partial charge in [-0.3, -0.25) is 0 Å². The Kier molecular flexibility index (Phi) is 6.23. The first-order valence-corrected chi connectivity index (χ1v) is 8.14. The maximum absolute atomic E-state index is 5.17. The Morgan fingerprint density at radius 3 is 2.67 bits per heavy atom. The van der Waals surface area contributed by atoms with Gasteiger partial charge in [0.15, 0.2) is 5.82 Å². The number of nitrogens with one attached hydrogen (secondary N) is 2. The Morgan fingerprint density at radius 1 is 1.19 bits per heavy atom. The molecule has 0 amide bonds. The molecule has 2 atom stereocenters. The van der Waals surface area contributed by atoms with E-state index < -0.39 is 0 Å². The Bertz CT molecular complexity index is 414. The molecule has 2 N–H and O–H groups in total. The zero-order chi connectivity index (χ0) is 15.1. The molecule has 0 aromatic carbocycles. The molecule has 2 unspecified atom stereocenters. The zero-order valence-electron chi connectivity index (χ0n) is 13.5. The van der Waals surface area contributed by atoms with Crippen molar-refractivity contribution in [1.29, 1.82) is 0 Å². The third-order valence-electron chi connectivity index (χ3n) is 4.17. The second-order valence-electron chi connectivity index (χ2n) is 5.72. The predicted octanol–water partition coefficient (Wildman–Crippen LogP) is 3.44. The largest absolute Gasteiger partial charge is 0.377 e. The van der Waals surface area contributed by atoms with Gasteiger partial charge in [-0.05, 0) is 25.7 Å². The molecule has 1 saturated carbocycles. The van der Waals surface area contributed by atoms with Gasteiger partial charge in [0.1, 0.15) is 18.2 Å². The Labute approximate surface area is 127 Å². The molecule has 0 radical (unpaired) electrons. The normalized spacial score (nSPS) is 22.0. The van der Waals surface area contributed by atoms with Crippen LogP contribution in [0.25, 0.3) is 0 Å². The monoisotopic (exact) mass is 292 g/mol. The van der Waals surface area contributed by atoms with E-state index in [-0.39, 0.29) is 0 Å². The van der Waals surface area contributed by atoms with E-state index in [0.29, 0.717) is 12.6 Å². The van der Waals surface area contributed by atoms with Crippen LogP contribution in [-0.4, -0.2) is 29.7 Å². The lowest BCUT2D eigenvalue weighted by Crippen LogP contribution is -2.32. The van der Waals surface area contributed by atoms with Gasteiger partial charge in [0.05, 0.1) is 0 Å². The van der Waals surface area contributed by atoms with E-state index in [2.05, 4.69) is 34.4 Å². The standard InChI is InChI=1S/C16H28N4O/c1-4-12-8-6-7-9-13(12)18-15-10-14(17-5-2)19-16(20-15)11-21-3/h10,12-13H,4-9,11H2,1-3H3,(H2,17,18,19,20). The van der Waals surface area contributed by atoms with Crippen LogP contribution < -0.4 is 10.6 Å². The molecule has 0 saturated heterocycles. The highest BCUT2D eigenvalue weighted by molar-refractivity contribution is 5.48. The van der Waals surface area contributed by atoms with Crippen molar-refractivity contribution < 1.29 is 4.74 Å². The van der Waals surface area contributed by atoms with Crippen LogP contribution in [0, 0.1) is 5.92 Å². The second-order valence-corrected chi connectivity index (χ2v) is 5.72. The van der Waals surface area contributed by atoms with Crippen molar-refractivity contribution in [3.05, 3.63) is 11.9 Å². The summed E-state index contributed by atoms with van der Waals surface area (Å²) in [5, 5.41) is 6.90. The SMILES string of the molecule is CCNc1cc(NC2CCCCC2CC)nc(COC)n1. The smallest absolute Gasteiger partial charge is 0.158 e. The summed E-state index contributed by atoms with van der Waals surface area (Å²) in [6.45, 7) is 5.64. The highest BCUT2D eigenvalue weighted by Crippen LogP contribution is 2.29. The maximum Gasteiger partial charge on any atom is 0.158 e. The molecule has 1 aromatic heterocycles. The topological polar surface area (TPSA) is 59.1 Å². The third-order valence-corrected chi connectivity index (χ3v) is 4.17. The molecule has 1 aromatic rings. The van der Waals surface area contributed by atoms with Gasteiger partial charge in [-0.2, -0.15) is 0 Å². The van der Waals surface area contributed by atoms with Gasteiger partial charge in [0, 0.05) is 25.8 Å². The average molecular weight is 292 g/mol. The van der Waals surface area contributed by atoms with Crippen molar-refractivity contribution in [2.24, 2.45) is 5.92 Å². The summed E-state index contributed by atoms with van der Waals surface area (Å²) in [6, 6.07) is 2.53. The Morgan fingerprint density at radius 2 is 1.95 bits per heavy atom. The number of hydrogen-bond acceptors (Lipinski definition) is 5. The van der Waals surface area contributed by atoms with Crippen molar-refractivity contribution >= 4 is 11.6 Å². The summed E-state index contributed by atoms with van der Waals surface area (Å²) in [4.78, 5) is 9.04. The lowest BCUT2D eigenvalue weighted by molar-refractivity contribution is 0.178. The van der Waals surface area contributed by atoms with Crippen molar-refractivity contribution in [1.82, 2.24) is 9.97 Å². The van der Waals surface area contributed by atoms with Gasteiger partial charge in [-0.25, -0.2) is 9.97 Å². The van der Waals surface area contributed by atoms with Crippen molar-refractivity contribution in [2.75, 3.05) is 24.3 Å². The Balaban J connectivity index is 2.13. The van der Waals surface area contributed by atoms with E-state index >= 15 is 0 Å². The first-order chi connectivity index (χ1) is 10.3. The molecule has 1 heterocycles. The van der Waals surface area contributed by atoms with Crippen LogP contribution in [0.15, 0.2) is 6.07 Å². The minimum absolute atomic E-state index is 0.440. The zero-order valence-corrected chi connectivity index (χ0v) is 13.5. The second kappa shape index (κ2) is 8.17. The summed E-state index contributed by atoms with van der Waals surface area (Å²) in [5.74, 6) is 3.26. The number of rotatable bonds is 7. The van der Waals surface area contributed by atoms with Crippen LogP contribution >= 0.6 is 0 Å². The summed E-state index contributed by atoms with van der Waals surface area (Å²) < 4.78 is 5.17. The van der Waals surface area contributed by atoms with Crippen LogP contribution in [-0.2, 0) is 11.3 Å². The molecule has 1 aliphatic rings. The molecule has 5 heteroatoms. The molecular formula is C16H28N4O. The van der Waals surface area contributed by atoms with E-state index in [1.54, 1.807) is 7.11 Å². The van der Waals surface area contributed by atoms with Crippen LogP contribution in [0.2, 0.25) is 0 Å². The minimum atomic E-state index is 0.440. The maximum atomic E-state index is 5.17. The molecule has 118 valence electrons. The molecule has 1 aliphatic carbocycles. The molecule has 1 fully saturated rings. The summed E-state index contributed by atoms with van der Waals surface area (Å²) in [7, 11) is 1.67. The van der Waals surface area contributed by atoms with Crippen molar-refractivity contribution in [3.63, 3.8) is 0 Å². The summed E-state index contributed by atoms with van der Waals surface area (Å²) in [5.41, 5.74) is 0. The number of anilines is 2. The van der Waals surface area contributed by atoms with Gasteiger partial charge >= 0.3 is 0 Å². The van der Waals surface area contributed by atoms with Gasteiger partial charge < -0.3 is 15.4 Å². The molecule has 0 bridgehead atoms. The third kappa shape index (κ3) is 4.56. The molecular weight excluding hydrogens is 264 g/mol. The van der Waals surface area contributed by atoms with Crippen LogP contribution in [0.1, 0.15) is 51.8 Å². The van der Waals surface area contributed by atoms with Gasteiger partial charge in [0.2, 0.25) is 0 Å². The van der Waals surface area contributed by atoms with Crippen molar-refractivity contribution in [2.45, 2.75) is 58.6 Å². The van der Waals surface area contributed by atoms with E-state index in [4.69, 9.17) is 4.74 Å². The molecule has 5 nitrogen and oxygen atoms in total. The lowest BCUT2D eigenvalue weighted by Gasteiger charge is -2.32. The van der Waals surface area contributed by atoms with Crippen molar-refractivity contribution in [3.8, 4) is 0 Å². The number of methoxy groups -OCH3 is 1. The van der Waals surface area contributed by atoms with Gasteiger partial charge in [-0.1, -0.05) is 26.2 Å².